The summed E-state index contributed by atoms with van der Waals surface area (Å²) in [7, 11) is 0. The van der Waals surface area contributed by atoms with Crippen LogP contribution in [-0.4, -0.2) is 23.3 Å². The van der Waals surface area contributed by atoms with Crippen LogP contribution in [0.3, 0.4) is 0 Å². The molecule has 1 heterocycles. The SMILES string of the molecule is O=C(NCc1ccc(COCC(F)(F)F)cc1)c1ccc(=O)n(Cc2ccccc2Cl)c1. The third kappa shape index (κ3) is 6.96. The number of hydrogen-bond donors (Lipinski definition) is 1. The van der Waals surface area contributed by atoms with Gasteiger partial charge in [0.1, 0.15) is 6.61 Å². The smallest absolute Gasteiger partial charge is 0.367 e. The van der Waals surface area contributed by atoms with E-state index in [0.29, 0.717) is 16.1 Å². The fraction of sp³-hybridized carbons (Fsp3) is 0.217. The summed E-state index contributed by atoms with van der Waals surface area (Å²) < 4.78 is 42.4. The van der Waals surface area contributed by atoms with Crippen LogP contribution in [0.25, 0.3) is 0 Å². The van der Waals surface area contributed by atoms with Crippen LogP contribution in [0, 0.1) is 0 Å². The molecule has 2 aromatic carbocycles. The lowest BCUT2D eigenvalue weighted by Crippen LogP contribution is -2.26. The summed E-state index contributed by atoms with van der Waals surface area (Å²) in [6.07, 6.45) is -2.89. The average Bonchev–Trinajstić information content (AvgIpc) is 2.75. The van der Waals surface area contributed by atoms with E-state index >= 15 is 0 Å². The van der Waals surface area contributed by atoms with Crippen molar-refractivity contribution in [1.82, 2.24) is 9.88 Å². The summed E-state index contributed by atoms with van der Waals surface area (Å²) in [6, 6.07) is 16.6. The van der Waals surface area contributed by atoms with E-state index in [1.807, 2.05) is 6.07 Å². The van der Waals surface area contributed by atoms with Gasteiger partial charge in [-0.2, -0.15) is 13.2 Å². The zero-order valence-corrected chi connectivity index (χ0v) is 17.6. The molecule has 0 spiro atoms. The molecule has 0 saturated heterocycles. The van der Waals surface area contributed by atoms with Gasteiger partial charge in [0, 0.05) is 23.8 Å². The minimum Gasteiger partial charge on any atom is -0.367 e. The molecule has 0 fully saturated rings. The molecule has 9 heteroatoms. The summed E-state index contributed by atoms with van der Waals surface area (Å²) in [5, 5.41) is 3.29. The van der Waals surface area contributed by atoms with Crippen LogP contribution in [0.2, 0.25) is 5.02 Å². The first-order chi connectivity index (χ1) is 15.2. The topological polar surface area (TPSA) is 60.3 Å². The predicted molar refractivity (Wildman–Crippen MR) is 115 cm³/mol. The molecule has 5 nitrogen and oxygen atoms in total. The van der Waals surface area contributed by atoms with Crippen LogP contribution in [0.15, 0.2) is 71.7 Å². The van der Waals surface area contributed by atoms with E-state index < -0.39 is 12.8 Å². The second-order valence-electron chi connectivity index (χ2n) is 7.08. The van der Waals surface area contributed by atoms with E-state index in [1.165, 1.54) is 22.9 Å². The maximum atomic E-state index is 12.5. The van der Waals surface area contributed by atoms with Gasteiger partial charge in [-0.05, 0) is 28.8 Å². The number of amides is 1. The highest BCUT2D eigenvalue weighted by Crippen LogP contribution is 2.17. The molecule has 0 unspecified atom stereocenters. The van der Waals surface area contributed by atoms with Crippen LogP contribution in [0.1, 0.15) is 27.0 Å². The summed E-state index contributed by atoms with van der Waals surface area (Å²) >= 11 is 6.15. The number of pyridine rings is 1. The van der Waals surface area contributed by atoms with Crippen molar-refractivity contribution in [1.29, 1.82) is 0 Å². The van der Waals surface area contributed by atoms with Gasteiger partial charge in [-0.25, -0.2) is 0 Å². The zero-order valence-electron chi connectivity index (χ0n) is 16.9. The molecular weight excluding hydrogens is 445 g/mol. The highest BCUT2D eigenvalue weighted by molar-refractivity contribution is 6.31. The Labute approximate surface area is 187 Å². The van der Waals surface area contributed by atoms with Crippen molar-refractivity contribution in [3.63, 3.8) is 0 Å². The number of hydrogen-bond acceptors (Lipinski definition) is 3. The molecule has 32 heavy (non-hydrogen) atoms. The first-order valence-corrected chi connectivity index (χ1v) is 10.0. The van der Waals surface area contributed by atoms with Crippen molar-refractivity contribution in [3.05, 3.63) is 104 Å². The minimum absolute atomic E-state index is 0.154. The zero-order chi connectivity index (χ0) is 23.1. The second-order valence-corrected chi connectivity index (χ2v) is 7.49. The number of halogens is 4. The fourth-order valence-electron chi connectivity index (χ4n) is 2.92. The monoisotopic (exact) mass is 464 g/mol. The van der Waals surface area contributed by atoms with Crippen LogP contribution in [-0.2, 0) is 24.4 Å². The molecule has 3 aromatic rings. The number of carbonyl (C=O) groups is 1. The average molecular weight is 465 g/mol. The van der Waals surface area contributed by atoms with Crippen molar-refractivity contribution in [2.24, 2.45) is 0 Å². The minimum atomic E-state index is -4.36. The Morgan fingerprint density at radius 3 is 2.38 bits per heavy atom. The quantitative estimate of drug-likeness (QED) is 0.531. The third-order valence-electron chi connectivity index (χ3n) is 4.55. The maximum absolute atomic E-state index is 12.5. The van der Waals surface area contributed by atoms with E-state index in [9.17, 15) is 22.8 Å². The van der Waals surface area contributed by atoms with Gasteiger partial charge in [0.15, 0.2) is 0 Å². The molecule has 1 amide bonds. The molecule has 0 aliphatic heterocycles. The van der Waals surface area contributed by atoms with Gasteiger partial charge < -0.3 is 14.6 Å². The number of rotatable bonds is 8. The number of nitrogens with zero attached hydrogens (tertiary/aromatic N) is 1. The van der Waals surface area contributed by atoms with Gasteiger partial charge in [0.05, 0.1) is 18.7 Å². The highest BCUT2D eigenvalue weighted by Gasteiger charge is 2.27. The molecular formula is C23H20ClF3N2O3. The highest BCUT2D eigenvalue weighted by atomic mass is 35.5. The molecule has 0 aliphatic rings. The molecule has 0 bridgehead atoms. The van der Waals surface area contributed by atoms with Crippen molar-refractivity contribution in [2.45, 2.75) is 25.9 Å². The number of alkyl halides is 3. The lowest BCUT2D eigenvalue weighted by molar-refractivity contribution is -0.176. The Bertz CT molecular complexity index is 1130. The number of nitrogens with one attached hydrogen (secondary N) is 1. The first-order valence-electron chi connectivity index (χ1n) is 9.66. The Kier molecular flexibility index (Phi) is 7.71. The molecule has 3 rings (SSSR count). The predicted octanol–water partition coefficient (Wildman–Crippen LogP) is 4.56. The summed E-state index contributed by atoms with van der Waals surface area (Å²) in [5.41, 5.74) is 2.17. The van der Waals surface area contributed by atoms with Crippen molar-refractivity contribution in [3.8, 4) is 0 Å². The van der Waals surface area contributed by atoms with Gasteiger partial charge in [-0.3, -0.25) is 9.59 Å². The third-order valence-corrected chi connectivity index (χ3v) is 4.92. The van der Waals surface area contributed by atoms with Crippen LogP contribution >= 0.6 is 11.6 Å². The fourth-order valence-corrected chi connectivity index (χ4v) is 3.12. The normalized spacial score (nSPS) is 11.4. The van der Waals surface area contributed by atoms with E-state index in [0.717, 1.165) is 11.1 Å². The Balaban J connectivity index is 1.58. The Hall–Kier alpha value is -3.10. The molecule has 1 N–H and O–H groups in total. The standard InChI is InChI=1S/C23H20ClF3N2O3/c24-20-4-2-1-3-18(20)12-29-13-19(9-10-21(29)30)22(31)28-11-16-5-7-17(8-6-16)14-32-15-23(25,26)27/h1-10,13H,11-12,14-15H2,(H,28,31). The van der Waals surface area contributed by atoms with Crippen molar-refractivity contribution >= 4 is 17.5 Å². The van der Waals surface area contributed by atoms with Gasteiger partial charge in [-0.1, -0.05) is 54.1 Å². The van der Waals surface area contributed by atoms with E-state index in [-0.39, 0.29) is 31.2 Å². The molecule has 0 radical (unpaired) electrons. The molecule has 0 atom stereocenters. The van der Waals surface area contributed by atoms with Crippen LogP contribution < -0.4 is 10.9 Å². The Morgan fingerprint density at radius 2 is 1.69 bits per heavy atom. The maximum Gasteiger partial charge on any atom is 0.411 e. The number of benzene rings is 2. The largest absolute Gasteiger partial charge is 0.411 e. The van der Waals surface area contributed by atoms with Crippen LogP contribution in [0.4, 0.5) is 13.2 Å². The van der Waals surface area contributed by atoms with Gasteiger partial charge in [-0.15, -0.1) is 0 Å². The molecule has 0 aliphatic carbocycles. The van der Waals surface area contributed by atoms with Crippen LogP contribution in [0.5, 0.6) is 0 Å². The first kappa shape index (κ1) is 23.6. The molecule has 168 valence electrons. The van der Waals surface area contributed by atoms with E-state index in [4.69, 9.17) is 11.6 Å². The lowest BCUT2D eigenvalue weighted by Gasteiger charge is -2.11. The number of carbonyl (C=O) groups excluding carboxylic acids is 1. The van der Waals surface area contributed by atoms with Crippen molar-refractivity contribution < 1.29 is 22.7 Å². The van der Waals surface area contributed by atoms with Gasteiger partial charge in [0.25, 0.3) is 11.5 Å². The van der Waals surface area contributed by atoms with E-state index in [2.05, 4.69) is 10.1 Å². The number of aromatic nitrogens is 1. The summed E-state index contributed by atoms with van der Waals surface area (Å²) in [6.45, 7) is -1.01. The second kappa shape index (κ2) is 10.5. The Morgan fingerprint density at radius 1 is 1.00 bits per heavy atom. The summed E-state index contributed by atoms with van der Waals surface area (Å²) in [5.74, 6) is -0.365. The lowest BCUT2D eigenvalue weighted by atomic mass is 10.1. The molecule has 1 aromatic heterocycles. The molecule has 0 saturated carbocycles. The number of ether oxygens (including phenoxy) is 1. The van der Waals surface area contributed by atoms with Crippen molar-refractivity contribution in [2.75, 3.05) is 6.61 Å². The van der Waals surface area contributed by atoms with Gasteiger partial charge >= 0.3 is 6.18 Å². The summed E-state index contributed by atoms with van der Waals surface area (Å²) in [4.78, 5) is 24.7. The van der Waals surface area contributed by atoms with Gasteiger partial charge in [0.2, 0.25) is 0 Å². The van der Waals surface area contributed by atoms with E-state index in [1.54, 1.807) is 42.5 Å².